The molecule has 0 radical (unpaired) electrons. The molecule has 0 bridgehead atoms. The molecule has 0 aromatic carbocycles. The predicted octanol–water partition coefficient (Wildman–Crippen LogP) is 0.627. The van der Waals surface area contributed by atoms with E-state index >= 15 is 0 Å². The Labute approximate surface area is 86.1 Å². The summed E-state index contributed by atoms with van der Waals surface area (Å²) in [5.41, 5.74) is 3.16. The first-order chi connectivity index (χ1) is 6.79. The Morgan fingerprint density at radius 3 is 2.86 bits per heavy atom. The van der Waals surface area contributed by atoms with Gasteiger partial charge in [-0.25, -0.2) is 0 Å². The average Bonchev–Trinajstić information content (AvgIpc) is 2.48. The third-order valence-electron chi connectivity index (χ3n) is 3.30. The van der Waals surface area contributed by atoms with Crippen molar-refractivity contribution in [3.8, 4) is 0 Å². The van der Waals surface area contributed by atoms with Gasteiger partial charge in [-0.1, -0.05) is 5.57 Å². The van der Waals surface area contributed by atoms with Crippen molar-refractivity contribution >= 4 is 0 Å². The maximum absolute atomic E-state index is 5.35. The van der Waals surface area contributed by atoms with Crippen molar-refractivity contribution in [2.24, 2.45) is 0 Å². The van der Waals surface area contributed by atoms with E-state index < -0.39 is 0 Å². The van der Waals surface area contributed by atoms with Gasteiger partial charge in [-0.15, -0.1) is 0 Å². The molecule has 0 spiro atoms. The molecule has 2 heterocycles. The van der Waals surface area contributed by atoms with Crippen molar-refractivity contribution in [1.82, 2.24) is 10.2 Å². The molecule has 2 aliphatic rings. The standard InChI is InChI=1S/C11H20N2O/c1-9(10-5-12-6-10)7-13-4-3-11(8-13)14-2/h11-12H,3-8H2,1-2H3. The van der Waals surface area contributed by atoms with Gasteiger partial charge < -0.3 is 10.1 Å². The van der Waals surface area contributed by atoms with Crippen molar-refractivity contribution < 1.29 is 4.74 Å². The van der Waals surface area contributed by atoms with Crippen molar-refractivity contribution in [2.45, 2.75) is 19.4 Å². The molecule has 0 aromatic rings. The van der Waals surface area contributed by atoms with Gasteiger partial charge in [-0.2, -0.15) is 0 Å². The van der Waals surface area contributed by atoms with Gasteiger partial charge in [0.1, 0.15) is 0 Å². The third kappa shape index (κ3) is 2.16. The number of methoxy groups -OCH3 is 1. The highest BCUT2D eigenvalue weighted by Crippen LogP contribution is 2.16. The van der Waals surface area contributed by atoms with Crippen LogP contribution in [-0.2, 0) is 4.74 Å². The second-order valence-electron chi connectivity index (χ2n) is 4.37. The van der Waals surface area contributed by atoms with Gasteiger partial charge in [0.15, 0.2) is 0 Å². The minimum Gasteiger partial charge on any atom is -0.380 e. The molecule has 1 atom stereocenters. The van der Waals surface area contributed by atoms with E-state index in [9.17, 15) is 0 Å². The summed E-state index contributed by atoms with van der Waals surface area (Å²) in [5, 5.41) is 3.29. The number of nitrogens with zero attached hydrogens (tertiary/aromatic N) is 1. The van der Waals surface area contributed by atoms with Crippen LogP contribution in [0.4, 0.5) is 0 Å². The lowest BCUT2D eigenvalue weighted by molar-refractivity contribution is 0.109. The highest BCUT2D eigenvalue weighted by atomic mass is 16.5. The van der Waals surface area contributed by atoms with E-state index in [0.29, 0.717) is 6.10 Å². The Morgan fingerprint density at radius 2 is 2.36 bits per heavy atom. The number of hydrogen-bond donors (Lipinski definition) is 1. The van der Waals surface area contributed by atoms with Gasteiger partial charge in [-0.05, 0) is 18.9 Å². The second kappa shape index (κ2) is 4.43. The van der Waals surface area contributed by atoms with Gasteiger partial charge in [0.2, 0.25) is 0 Å². The van der Waals surface area contributed by atoms with E-state index in [0.717, 1.165) is 26.2 Å². The van der Waals surface area contributed by atoms with E-state index in [2.05, 4.69) is 17.1 Å². The van der Waals surface area contributed by atoms with Crippen LogP contribution in [0.1, 0.15) is 13.3 Å². The van der Waals surface area contributed by atoms with Crippen molar-refractivity contribution in [2.75, 3.05) is 39.8 Å². The Kier molecular flexibility index (Phi) is 3.21. The van der Waals surface area contributed by atoms with Gasteiger partial charge >= 0.3 is 0 Å². The van der Waals surface area contributed by atoms with Crippen molar-refractivity contribution in [3.05, 3.63) is 11.1 Å². The van der Waals surface area contributed by atoms with Crippen LogP contribution >= 0.6 is 0 Å². The smallest absolute Gasteiger partial charge is 0.0710 e. The first-order valence-corrected chi connectivity index (χ1v) is 5.43. The molecule has 2 rings (SSSR count). The number of likely N-dealkylation sites (tertiary alicyclic amines) is 1. The van der Waals surface area contributed by atoms with Crippen LogP contribution < -0.4 is 5.32 Å². The lowest BCUT2D eigenvalue weighted by Crippen LogP contribution is -2.36. The van der Waals surface area contributed by atoms with Crippen LogP contribution in [0, 0.1) is 0 Å². The minimum absolute atomic E-state index is 0.465. The molecule has 3 heteroatoms. The molecule has 3 nitrogen and oxygen atoms in total. The van der Waals surface area contributed by atoms with Gasteiger partial charge in [0.05, 0.1) is 6.10 Å². The largest absolute Gasteiger partial charge is 0.380 e. The fraction of sp³-hybridized carbons (Fsp3) is 0.818. The van der Waals surface area contributed by atoms with Gasteiger partial charge in [0.25, 0.3) is 0 Å². The topological polar surface area (TPSA) is 24.5 Å². The fourth-order valence-corrected chi connectivity index (χ4v) is 2.13. The van der Waals surface area contributed by atoms with Crippen LogP contribution in [0.3, 0.4) is 0 Å². The molecule has 0 aliphatic carbocycles. The third-order valence-corrected chi connectivity index (χ3v) is 3.30. The predicted molar refractivity (Wildman–Crippen MR) is 57.4 cm³/mol. The van der Waals surface area contributed by atoms with Crippen LogP contribution in [-0.4, -0.2) is 50.8 Å². The quantitative estimate of drug-likeness (QED) is 0.670. The molecule has 0 saturated carbocycles. The summed E-state index contributed by atoms with van der Waals surface area (Å²) in [7, 11) is 1.81. The molecule has 2 fully saturated rings. The Bertz CT molecular complexity index is 231. The summed E-state index contributed by atoms with van der Waals surface area (Å²) in [5.74, 6) is 0. The Hall–Kier alpha value is -0.380. The summed E-state index contributed by atoms with van der Waals surface area (Å²) in [6.07, 6.45) is 1.66. The van der Waals surface area contributed by atoms with Gasteiger partial charge in [-0.3, -0.25) is 4.90 Å². The van der Waals surface area contributed by atoms with Crippen LogP contribution in [0.25, 0.3) is 0 Å². The number of nitrogens with one attached hydrogen (secondary N) is 1. The summed E-state index contributed by atoms with van der Waals surface area (Å²) < 4.78 is 5.35. The van der Waals surface area contributed by atoms with E-state index in [1.54, 1.807) is 11.1 Å². The highest BCUT2D eigenvalue weighted by molar-refractivity contribution is 5.22. The molecule has 2 saturated heterocycles. The van der Waals surface area contributed by atoms with E-state index in [1.807, 2.05) is 7.11 Å². The summed E-state index contributed by atoms with van der Waals surface area (Å²) in [6.45, 7) is 7.90. The molecule has 1 unspecified atom stereocenters. The maximum atomic E-state index is 5.35. The van der Waals surface area contributed by atoms with Crippen molar-refractivity contribution in [1.29, 1.82) is 0 Å². The zero-order valence-electron chi connectivity index (χ0n) is 9.18. The zero-order valence-corrected chi connectivity index (χ0v) is 9.18. The number of hydrogen-bond acceptors (Lipinski definition) is 3. The molecule has 14 heavy (non-hydrogen) atoms. The minimum atomic E-state index is 0.465. The highest BCUT2D eigenvalue weighted by Gasteiger charge is 2.22. The molecular weight excluding hydrogens is 176 g/mol. The van der Waals surface area contributed by atoms with Gasteiger partial charge in [0, 0.05) is 39.8 Å². The normalized spacial score (nSPS) is 27.9. The lowest BCUT2D eigenvalue weighted by atomic mass is 10.0. The van der Waals surface area contributed by atoms with Crippen LogP contribution in [0.15, 0.2) is 11.1 Å². The second-order valence-corrected chi connectivity index (χ2v) is 4.37. The van der Waals surface area contributed by atoms with E-state index in [1.165, 1.54) is 13.0 Å². The Morgan fingerprint density at radius 1 is 1.57 bits per heavy atom. The lowest BCUT2D eigenvalue weighted by Gasteiger charge is -2.24. The summed E-state index contributed by atoms with van der Waals surface area (Å²) in [4.78, 5) is 2.49. The maximum Gasteiger partial charge on any atom is 0.0710 e. The molecule has 0 aromatic heterocycles. The first-order valence-electron chi connectivity index (χ1n) is 5.43. The zero-order chi connectivity index (χ0) is 9.97. The van der Waals surface area contributed by atoms with E-state index in [4.69, 9.17) is 4.74 Å². The SMILES string of the molecule is COC1CCN(CC(C)=C2CNC2)C1. The van der Waals surface area contributed by atoms with Crippen molar-refractivity contribution in [3.63, 3.8) is 0 Å². The summed E-state index contributed by atoms with van der Waals surface area (Å²) >= 11 is 0. The summed E-state index contributed by atoms with van der Waals surface area (Å²) in [6, 6.07) is 0. The molecule has 0 amide bonds. The van der Waals surface area contributed by atoms with Crippen LogP contribution in [0.5, 0.6) is 0 Å². The molecule has 80 valence electrons. The Balaban J connectivity index is 1.81. The van der Waals surface area contributed by atoms with E-state index in [-0.39, 0.29) is 0 Å². The van der Waals surface area contributed by atoms with Crippen LogP contribution in [0.2, 0.25) is 0 Å². The number of rotatable bonds is 3. The first kappa shape index (κ1) is 10.1. The number of ether oxygens (including phenoxy) is 1. The molecule has 2 aliphatic heterocycles. The molecule has 1 N–H and O–H groups in total. The monoisotopic (exact) mass is 196 g/mol. The molecular formula is C11H20N2O. The average molecular weight is 196 g/mol. The fourth-order valence-electron chi connectivity index (χ4n) is 2.13.